The van der Waals surface area contributed by atoms with E-state index in [4.69, 9.17) is 0 Å². The zero-order chi connectivity index (χ0) is 14.7. The van der Waals surface area contributed by atoms with Gasteiger partial charge in [-0.15, -0.1) is 6.58 Å². The van der Waals surface area contributed by atoms with Crippen LogP contribution in [0, 0.1) is 0 Å². The highest BCUT2D eigenvalue weighted by Crippen LogP contribution is 2.28. The van der Waals surface area contributed by atoms with Gasteiger partial charge in [-0.1, -0.05) is 18.2 Å². The van der Waals surface area contributed by atoms with Crippen molar-refractivity contribution in [2.75, 3.05) is 7.05 Å². The molecular formula is C17H18N4. The molecule has 21 heavy (non-hydrogen) atoms. The van der Waals surface area contributed by atoms with Gasteiger partial charge in [0.2, 0.25) is 0 Å². The summed E-state index contributed by atoms with van der Waals surface area (Å²) in [7, 11) is 1.96. The average molecular weight is 278 g/mol. The molecule has 0 bridgehead atoms. The second kappa shape index (κ2) is 5.89. The molecule has 0 radical (unpaired) electrons. The minimum atomic E-state index is 0.816. The summed E-state index contributed by atoms with van der Waals surface area (Å²) in [5.41, 5.74) is 5.68. The molecule has 3 rings (SSSR count). The van der Waals surface area contributed by atoms with Gasteiger partial charge in [-0.05, 0) is 47.9 Å². The molecule has 4 heteroatoms. The maximum absolute atomic E-state index is 4.30. The van der Waals surface area contributed by atoms with E-state index in [-0.39, 0.29) is 0 Å². The van der Waals surface area contributed by atoms with Crippen molar-refractivity contribution in [1.82, 2.24) is 20.5 Å². The summed E-state index contributed by atoms with van der Waals surface area (Å²) in [4.78, 5) is 4.30. The summed E-state index contributed by atoms with van der Waals surface area (Å²) in [6.45, 7) is 4.68. The Hall–Kier alpha value is -2.46. The highest BCUT2D eigenvalue weighted by Gasteiger charge is 2.08. The minimum absolute atomic E-state index is 0.816. The molecule has 0 amide bonds. The van der Waals surface area contributed by atoms with Gasteiger partial charge in [-0.2, -0.15) is 5.10 Å². The number of nitrogens with zero attached hydrogens (tertiary/aromatic N) is 2. The van der Waals surface area contributed by atoms with E-state index in [9.17, 15) is 0 Å². The summed E-state index contributed by atoms with van der Waals surface area (Å²) < 4.78 is 0. The van der Waals surface area contributed by atoms with Crippen molar-refractivity contribution in [3.05, 3.63) is 60.4 Å². The minimum Gasteiger partial charge on any atom is -0.316 e. The van der Waals surface area contributed by atoms with Crippen LogP contribution in [0.2, 0.25) is 0 Å². The molecule has 0 aliphatic rings. The molecule has 0 aliphatic heterocycles. The van der Waals surface area contributed by atoms with Gasteiger partial charge in [0, 0.05) is 18.1 Å². The van der Waals surface area contributed by atoms with Crippen LogP contribution in [0.3, 0.4) is 0 Å². The first-order chi connectivity index (χ1) is 10.3. The first kappa shape index (κ1) is 13.5. The smallest absolute Gasteiger partial charge is 0.155 e. The Morgan fingerprint density at radius 2 is 2.14 bits per heavy atom. The van der Waals surface area contributed by atoms with Crippen molar-refractivity contribution in [3.63, 3.8) is 0 Å². The topological polar surface area (TPSA) is 53.6 Å². The molecule has 0 saturated carbocycles. The summed E-state index contributed by atoms with van der Waals surface area (Å²) in [5.74, 6) is 0. The summed E-state index contributed by atoms with van der Waals surface area (Å²) in [6.07, 6.45) is 6.44. The van der Waals surface area contributed by atoms with Crippen LogP contribution < -0.4 is 5.32 Å². The molecule has 0 spiro atoms. The SMILES string of the molecule is C=CCc1cc(CNC)cc(-c2ccnc3[nH]ncc23)c1. The number of nitrogens with one attached hydrogen (secondary N) is 2. The van der Waals surface area contributed by atoms with Crippen LogP contribution in [0.1, 0.15) is 11.1 Å². The Balaban J connectivity index is 2.16. The lowest BCUT2D eigenvalue weighted by atomic mass is 9.97. The Labute approximate surface area is 123 Å². The van der Waals surface area contributed by atoms with Gasteiger partial charge >= 0.3 is 0 Å². The number of hydrogen-bond acceptors (Lipinski definition) is 3. The molecule has 4 nitrogen and oxygen atoms in total. The van der Waals surface area contributed by atoms with Crippen molar-refractivity contribution in [3.8, 4) is 11.1 Å². The normalized spacial score (nSPS) is 10.9. The van der Waals surface area contributed by atoms with Crippen LogP contribution >= 0.6 is 0 Å². The van der Waals surface area contributed by atoms with Crippen LogP contribution in [-0.2, 0) is 13.0 Å². The molecule has 0 atom stereocenters. The highest BCUT2D eigenvalue weighted by atomic mass is 15.1. The highest BCUT2D eigenvalue weighted by molar-refractivity contribution is 5.92. The van der Waals surface area contributed by atoms with Crippen LogP contribution in [0.5, 0.6) is 0 Å². The van der Waals surface area contributed by atoms with Gasteiger partial charge in [-0.25, -0.2) is 4.98 Å². The monoisotopic (exact) mass is 278 g/mol. The molecule has 1 aromatic carbocycles. The number of benzene rings is 1. The number of allylic oxidation sites excluding steroid dienone is 1. The number of rotatable bonds is 5. The van der Waals surface area contributed by atoms with Crippen molar-refractivity contribution in [2.24, 2.45) is 0 Å². The second-order valence-corrected chi connectivity index (χ2v) is 5.05. The van der Waals surface area contributed by atoms with Crippen LogP contribution in [0.25, 0.3) is 22.2 Å². The molecule has 2 aromatic heterocycles. The fraction of sp³-hybridized carbons (Fsp3) is 0.176. The predicted molar refractivity (Wildman–Crippen MR) is 86.0 cm³/mol. The number of aromatic amines is 1. The third-order valence-corrected chi connectivity index (χ3v) is 3.48. The Kier molecular flexibility index (Phi) is 3.79. The van der Waals surface area contributed by atoms with Gasteiger partial charge in [0.1, 0.15) is 0 Å². The van der Waals surface area contributed by atoms with E-state index < -0.39 is 0 Å². The molecule has 0 unspecified atom stereocenters. The maximum Gasteiger partial charge on any atom is 0.155 e. The number of hydrogen-bond donors (Lipinski definition) is 2. The molecular weight excluding hydrogens is 260 g/mol. The van der Waals surface area contributed by atoms with E-state index in [1.165, 1.54) is 16.7 Å². The molecule has 2 N–H and O–H groups in total. The van der Waals surface area contributed by atoms with Gasteiger partial charge in [0.05, 0.1) is 6.20 Å². The van der Waals surface area contributed by atoms with Crippen molar-refractivity contribution < 1.29 is 0 Å². The van der Waals surface area contributed by atoms with Crippen molar-refractivity contribution in [2.45, 2.75) is 13.0 Å². The molecule has 0 saturated heterocycles. The molecule has 2 heterocycles. The molecule has 3 aromatic rings. The first-order valence-corrected chi connectivity index (χ1v) is 6.98. The summed E-state index contributed by atoms with van der Waals surface area (Å²) in [5, 5.41) is 11.3. The number of fused-ring (bicyclic) bond motifs is 1. The van der Waals surface area contributed by atoms with E-state index >= 15 is 0 Å². The van der Waals surface area contributed by atoms with Crippen LogP contribution in [-0.4, -0.2) is 22.2 Å². The zero-order valence-electron chi connectivity index (χ0n) is 12.1. The maximum atomic E-state index is 4.30. The van der Waals surface area contributed by atoms with E-state index in [2.05, 4.69) is 45.3 Å². The quantitative estimate of drug-likeness (QED) is 0.705. The van der Waals surface area contributed by atoms with Gasteiger partial charge < -0.3 is 5.32 Å². The number of aromatic nitrogens is 3. The Morgan fingerprint density at radius 1 is 1.29 bits per heavy atom. The zero-order valence-corrected chi connectivity index (χ0v) is 12.1. The lowest BCUT2D eigenvalue weighted by molar-refractivity contribution is 0.817. The van der Waals surface area contributed by atoms with Gasteiger partial charge in [-0.3, -0.25) is 5.10 Å². The summed E-state index contributed by atoms with van der Waals surface area (Å²) in [6, 6.07) is 8.68. The van der Waals surface area contributed by atoms with Crippen LogP contribution in [0.4, 0.5) is 0 Å². The van der Waals surface area contributed by atoms with Crippen LogP contribution in [0.15, 0.2) is 49.3 Å². The third kappa shape index (κ3) is 2.71. The number of H-pyrrole nitrogens is 1. The summed E-state index contributed by atoms with van der Waals surface area (Å²) >= 11 is 0. The molecule has 0 aliphatic carbocycles. The van der Waals surface area contributed by atoms with Crippen molar-refractivity contribution >= 4 is 11.0 Å². The fourth-order valence-corrected chi connectivity index (χ4v) is 2.61. The Bertz CT molecular complexity index is 773. The number of pyridine rings is 1. The van der Waals surface area contributed by atoms with E-state index in [0.717, 1.165) is 29.6 Å². The average Bonchev–Trinajstić information content (AvgIpc) is 2.96. The fourth-order valence-electron chi connectivity index (χ4n) is 2.61. The Morgan fingerprint density at radius 3 is 2.95 bits per heavy atom. The predicted octanol–water partition coefficient (Wildman–Crippen LogP) is 3.07. The van der Waals surface area contributed by atoms with Gasteiger partial charge in [0.25, 0.3) is 0 Å². The van der Waals surface area contributed by atoms with E-state index in [1.807, 2.05) is 31.6 Å². The molecule has 106 valence electrons. The van der Waals surface area contributed by atoms with E-state index in [0.29, 0.717) is 0 Å². The lowest BCUT2D eigenvalue weighted by Crippen LogP contribution is -2.05. The largest absolute Gasteiger partial charge is 0.316 e. The first-order valence-electron chi connectivity index (χ1n) is 6.98. The van der Waals surface area contributed by atoms with E-state index in [1.54, 1.807) is 0 Å². The lowest BCUT2D eigenvalue weighted by Gasteiger charge is -2.10. The standard InChI is InChI=1S/C17H18N4/c1-3-4-12-7-13(10-18-2)9-14(8-12)15-5-6-19-17-16(15)11-20-21-17/h3,5-9,11,18H,1,4,10H2,2H3,(H,19,20,21). The molecule has 0 fully saturated rings. The van der Waals surface area contributed by atoms with Gasteiger partial charge in [0.15, 0.2) is 5.65 Å². The third-order valence-electron chi connectivity index (χ3n) is 3.48. The van der Waals surface area contributed by atoms with Crippen molar-refractivity contribution in [1.29, 1.82) is 0 Å². The second-order valence-electron chi connectivity index (χ2n) is 5.05.